The number of allylic oxidation sites excluding steroid dienone is 2. The van der Waals surface area contributed by atoms with Crippen LogP contribution in [0.25, 0.3) is 0 Å². The number of nitrogens with one attached hydrogen (secondary N) is 1. The predicted octanol–water partition coefficient (Wildman–Crippen LogP) is 1.18. The average Bonchev–Trinajstić information content (AvgIpc) is 1.69. The predicted molar refractivity (Wildman–Crippen MR) is 34.6 cm³/mol. The van der Waals surface area contributed by atoms with E-state index in [9.17, 15) is 0 Å². The van der Waals surface area contributed by atoms with Crippen LogP contribution >= 0.6 is 0 Å². The molecule has 0 aromatic rings. The molecule has 0 spiro atoms. The summed E-state index contributed by atoms with van der Waals surface area (Å²) >= 11 is 0. The molecule has 0 saturated carbocycles. The zero-order valence-corrected chi connectivity index (χ0v) is 5.23. The molecule has 0 aromatic heterocycles. The molecule has 0 radical (unpaired) electrons. The molecule has 2 N–H and O–H groups in total. The van der Waals surface area contributed by atoms with Gasteiger partial charge in [0.15, 0.2) is 0 Å². The first kappa shape index (κ1) is 7.08. The van der Waals surface area contributed by atoms with Crippen molar-refractivity contribution in [3.63, 3.8) is 0 Å². The highest BCUT2D eigenvalue weighted by Crippen LogP contribution is 1.94. The first-order valence-corrected chi connectivity index (χ1v) is 2.42. The summed E-state index contributed by atoms with van der Waals surface area (Å²) in [6.45, 7) is 5.08. The zero-order chi connectivity index (χ0) is 6.57. The second-order valence-electron chi connectivity index (χ2n) is 1.45. The van der Waals surface area contributed by atoms with Crippen LogP contribution in [0.15, 0.2) is 24.1 Å². The largest absolute Gasteiger partial charge is 0.510 e. The summed E-state index contributed by atoms with van der Waals surface area (Å²) in [6.07, 6.45) is 1.56. The summed E-state index contributed by atoms with van der Waals surface area (Å²) in [5.74, 6) is 0.266. The van der Waals surface area contributed by atoms with Crippen LogP contribution in [0.1, 0.15) is 6.92 Å². The first-order valence-electron chi connectivity index (χ1n) is 2.42. The van der Waals surface area contributed by atoms with E-state index in [1.807, 2.05) is 0 Å². The molecule has 0 aromatic carbocycles. The quantitative estimate of drug-likeness (QED) is 0.416. The molecule has 2 heteroatoms. The first-order chi connectivity index (χ1) is 3.72. The van der Waals surface area contributed by atoms with E-state index in [-0.39, 0.29) is 5.76 Å². The van der Waals surface area contributed by atoms with E-state index < -0.39 is 0 Å². The van der Waals surface area contributed by atoms with Crippen LogP contribution in [-0.4, -0.2) is 12.2 Å². The number of hydrogen-bond donors (Lipinski definition) is 2. The Hall–Kier alpha value is -0.920. The molecule has 0 aliphatic heterocycles. The Morgan fingerprint density at radius 1 is 1.75 bits per heavy atom. The Morgan fingerprint density at radius 3 is 2.25 bits per heavy atom. The minimum Gasteiger partial charge on any atom is -0.510 e. The fourth-order valence-electron chi connectivity index (χ4n) is 0.431. The molecule has 0 atom stereocenters. The van der Waals surface area contributed by atoms with Gasteiger partial charge in [-0.1, -0.05) is 6.58 Å². The molecule has 0 saturated heterocycles. The Bertz CT molecular complexity index is 112. The smallest absolute Gasteiger partial charge is 0.112 e. The van der Waals surface area contributed by atoms with Crippen LogP contribution in [0.5, 0.6) is 0 Å². The number of likely N-dealkylation sites (N-methyl/N-ethyl adjacent to an activating group) is 1. The number of aliphatic hydroxyl groups is 1. The van der Waals surface area contributed by atoms with E-state index in [0.717, 1.165) is 0 Å². The van der Waals surface area contributed by atoms with Crippen molar-refractivity contribution < 1.29 is 5.11 Å². The van der Waals surface area contributed by atoms with Crippen LogP contribution in [-0.2, 0) is 0 Å². The van der Waals surface area contributed by atoms with Gasteiger partial charge in [-0.25, -0.2) is 0 Å². The second kappa shape index (κ2) is 3.13. The summed E-state index contributed by atoms with van der Waals surface area (Å²) in [5, 5.41) is 11.5. The molecule has 2 nitrogen and oxygen atoms in total. The molecule has 0 amide bonds. The van der Waals surface area contributed by atoms with Gasteiger partial charge in [0.05, 0.1) is 5.70 Å². The minimum absolute atomic E-state index is 0.266. The van der Waals surface area contributed by atoms with Crippen LogP contribution in [0.3, 0.4) is 0 Å². The lowest BCUT2D eigenvalue weighted by molar-refractivity contribution is 0.405. The van der Waals surface area contributed by atoms with E-state index in [0.29, 0.717) is 5.70 Å². The van der Waals surface area contributed by atoms with Gasteiger partial charge in [0.25, 0.3) is 0 Å². The lowest BCUT2D eigenvalue weighted by Gasteiger charge is -1.98. The van der Waals surface area contributed by atoms with E-state index in [1.54, 1.807) is 20.0 Å². The van der Waals surface area contributed by atoms with Gasteiger partial charge in [-0.05, 0) is 13.0 Å². The maximum Gasteiger partial charge on any atom is 0.112 e. The summed E-state index contributed by atoms with van der Waals surface area (Å²) in [7, 11) is 1.73. The summed E-state index contributed by atoms with van der Waals surface area (Å²) < 4.78 is 0. The van der Waals surface area contributed by atoms with E-state index in [4.69, 9.17) is 5.11 Å². The Labute approximate surface area is 49.5 Å². The van der Waals surface area contributed by atoms with Gasteiger partial charge < -0.3 is 10.4 Å². The number of rotatable bonds is 2. The molecular weight excluding hydrogens is 102 g/mol. The van der Waals surface area contributed by atoms with Crippen molar-refractivity contribution in [1.82, 2.24) is 5.32 Å². The van der Waals surface area contributed by atoms with Crippen molar-refractivity contribution in [2.45, 2.75) is 6.92 Å². The SMILES string of the molecule is C=CC(NC)=C(C)O. The van der Waals surface area contributed by atoms with Gasteiger partial charge in [0.2, 0.25) is 0 Å². The molecule has 0 aliphatic carbocycles. The van der Waals surface area contributed by atoms with Gasteiger partial charge in [-0.15, -0.1) is 0 Å². The molecule has 0 fully saturated rings. The highest BCUT2D eigenvalue weighted by molar-refractivity contribution is 5.15. The Balaban J connectivity index is 4.07. The van der Waals surface area contributed by atoms with E-state index in [2.05, 4.69) is 11.9 Å². The molecule has 0 rings (SSSR count). The minimum atomic E-state index is 0.266. The second-order valence-corrected chi connectivity index (χ2v) is 1.45. The van der Waals surface area contributed by atoms with Crippen molar-refractivity contribution in [2.75, 3.05) is 7.05 Å². The molecule has 0 aliphatic rings. The third-order valence-electron chi connectivity index (χ3n) is 0.863. The van der Waals surface area contributed by atoms with Gasteiger partial charge in [0.1, 0.15) is 5.76 Å². The molecule has 8 heavy (non-hydrogen) atoms. The average molecular weight is 113 g/mol. The standard InChI is InChI=1S/C6H11NO/c1-4-6(7-3)5(2)8/h4,7-8H,1H2,2-3H3. The molecule has 46 valence electrons. The Morgan fingerprint density at radius 2 is 2.25 bits per heavy atom. The maximum atomic E-state index is 8.76. The van der Waals surface area contributed by atoms with Crippen molar-refractivity contribution in [2.24, 2.45) is 0 Å². The van der Waals surface area contributed by atoms with Gasteiger partial charge >= 0.3 is 0 Å². The molecule has 0 heterocycles. The highest BCUT2D eigenvalue weighted by Gasteiger charge is 1.88. The number of aliphatic hydroxyl groups excluding tert-OH is 1. The fraction of sp³-hybridized carbons (Fsp3) is 0.333. The fourth-order valence-corrected chi connectivity index (χ4v) is 0.431. The molecular formula is C6H11NO. The maximum absolute atomic E-state index is 8.76. The number of hydrogen-bond acceptors (Lipinski definition) is 2. The third kappa shape index (κ3) is 1.69. The topological polar surface area (TPSA) is 32.3 Å². The van der Waals surface area contributed by atoms with Crippen molar-refractivity contribution in [1.29, 1.82) is 0 Å². The van der Waals surface area contributed by atoms with Crippen molar-refractivity contribution >= 4 is 0 Å². The van der Waals surface area contributed by atoms with Crippen molar-refractivity contribution in [3.05, 3.63) is 24.1 Å². The monoisotopic (exact) mass is 113 g/mol. The van der Waals surface area contributed by atoms with Crippen LogP contribution in [0.4, 0.5) is 0 Å². The van der Waals surface area contributed by atoms with E-state index >= 15 is 0 Å². The van der Waals surface area contributed by atoms with Crippen LogP contribution < -0.4 is 5.32 Å². The van der Waals surface area contributed by atoms with Crippen LogP contribution in [0.2, 0.25) is 0 Å². The third-order valence-corrected chi connectivity index (χ3v) is 0.863. The lowest BCUT2D eigenvalue weighted by Crippen LogP contribution is -2.04. The van der Waals surface area contributed by atoms with Gasteiger partial charge in [-0.3, -0.25) is 0 Å². The normalized spacial score (nSPS) is 12.2. The zero-order valence-electron chi connectivity index (χ0n) is 5.23. The van der Waals surface area contributed by atoms with Gasteiger partial charge in [0, 0.05) is 7.05 Å². The van der Waals surface area contributed by atoms with Gasteiger partial charge in [-0.2, -0.15) is 0 Å². The van der Waals surface area contributed by atoms with E-state index in [1.165, 1.54) is 0 Å². The van der Waals surface area contributed by atoms with Crippen molar-refractivity contribution in [3.8, 4) is 0 Å². The summed E-state index contributed by atoms with van der Waals surface area (Å²) in [6, 6.07) is 0. The lowest BCUT2D eigenvalue weighted by atomic mass is 10.4. The molecule has 0 bridgehead atoms. The Kier molecular flexibility index (Phi) is 2.77. The molecule has 0 unspecified atom stereocenters. The summed E-state index contributed by atoms with van der Waals surface area (Å²) in [4.78, 5) is 0. The summed E-state index contributed by atoms with van der Waals surface area (Å²) in [5.41, 5.74) is 0.671. The van der Waals surface area contributed by atoms with Crippen LogP contribution in [0, 0.1) is 0 Å². The highest BCUT2D eigenvalue weighted by atomic mass is 16.3.